The summed E-state index contributed by atoms with van der Waals surface area (Å²) >= 11 is 5.49. The zero-order valence-corrected chi connectivity index (χ0v) is 20.9. The van der Waals surface area contributed by atoms with E-state index in [2.05, 4.69) is 43.8 Å². The van der Waals surface area contributed by atoms with Gasteiger partial charge in [0.1, 0.15) is 29.6 Å². The number of benzene rings is 3. The Morgan fingerprint density at radius 3 is 2.21 bits per heavy atom. The lowest BCUT2D eigenvalue weighted by Gasteiger charge is -2.26. The van der Waals surface area contributed by atoms with Gasteiger partial charge in [-0.3, -0.25) is 14.9 Å². The first-order valence-corrected chi connectivity index (χ1v) is 11.6. The van der Waals surface area contributed by atoms with Gasteiger partial charge in [-0.25, -0.2) is 18.5 Å². The van der Waals surface area contributed by atoms with Crippen LogP contribution in [0.15, 0.2) is 70.7 Å². The highest BCUT2D eigenvalue weighted by atomic mass is 127. The lowest BCUT2D eigenvalue weighted by Crippen LogP contribution is -2.54. The highest BCUT2D eigenvalue weighted by molar-refractivity contribution is 14.1. The molecule has 34 heavy (non-hydrogen) atoms. The van der Waals surface area contributed by atoms with Gasteiger partial charge in [-0.2, -0.15) is 0 Å². The molecule has 172 valence electrons. The molecule has 10 heteroatoms. The first-order valence-electron chi connectivity index (χ1n) is 9.76. The van der Waals surface area contributed by atoms with E-state index >= 15 is 0 Å². The summed E-state index contributed by atoms with van der Waals surface area (Å²) in [5.41, 5.74) is 1.16. The Morgan fingerprint density at radius 1 is 0.971 bits per heavy atom. The fourth-order valence-electron chi connectivity index (χ4n) is 3.19. The summed E-state index contributed by atoms with van der Waals surface area (Å²) < 4.78 is 33.4. The van der Waals surface area contributed by atoms with Gasteiger partial charge in [0.15, 0.2) is 0 Å². The SMILES string of the molecule is O=C1NC(=O)N(c2ccc(F)cc2)C(=O)/C1=C/c1cc(Br)c(OCc2ccc(F)cc2)c(I)c1. The number of hydrogen-bond acceptors (Lipinski definition) is 4. The first-order chi connectivity index (χ1) is 16.2. The lowest BCUT2D eigenvalue weighted by atomic mass is 10.1. The predicted octanol–water partition coefficient (Wildman–Crippen LogP) is 5.58. The Labute approximate surface area is 214 Å². The molecule has 1 aliphatic rings. The Bertz CT molecular complexity index is 1300. The van der Waals surface area contributed by atoms with Gasteiger partial charge in [-0.05, 0) is 104 Å². The molecular formula is C24H14BrF2IN2O4. The van der Waals surface area contributed by atoms with Crippen LogP contribution in [-0.4, -0.2) is 17.8 Å². The molecule has 1 saturated heterocycles. The van der Waals surface area contributed by atoms with Crippen LogP contribution in [0.25, 0.3) is 6.08 Å². The maximum absolute atomic E-state index is 13.3. The van der Waals surface area contributed by atoms with Gasteiger partial charge in [-0.1, -0.05) is 12.1 Å². The fraction of sp³-hybridized carbons (Fsp3) is 0.0417. The Balaban J connectivity index is 1.60. The van der Waals surface area contributed by atoms with Gasteiger partial charge >= 0.3 is 6.03 Å². The number of amides is 4. The molecule has 0 radical (unpaired) electrons. The average molecular weight is 639 g/mol. The number of imide groups is 2. The minimum Gasteiger partial charge on any atom is -0.487 e. The molecule has 0 saturated carbocycles. The third-order valence-corrected chi connectivity index (χ3v) is 6.20. The number of urea groups is 1. The van der Waals surface area contributed by atoms with Crippen LogP contribution in [0.1, 0.15) is 11.1 Å². The molecular weight excluding hydrogens is 625 g/mol. The van der Waals surface area contributed by atoms with Crippen molar-refractivity contribution in [2.45, 2.75) is 6.61 Å². The third kappa shape index (κ3) is 5.17. The molecule has 4 rings (SSSR count). The van der Waals surface area contributed by atoms with Gasteiger partial charge in [0.25, 0.3) is 11.8 Å². The molecule has 0 bridgehead atoms. The molecule has 1 aliphatic heterocycles. The number of anilines is 1. The fourth-order valence-corrected chi connectivity index (χ4v) is 4.95. The molecule has 3 aromatic carbocycles. The van der Waals surface area contributed by atoms with Crippen molar-refractivity contribution in [1.82, 2.24) is 5.32 Å². The topological polar surface area (TPSA) is 75.7 Å². The summed E-state index contributed by atoms with van der Waals surface area (Å²) in [6.07, 6.45) is 1.36. The van der Waals surface area contributed by atoms with Gasteiger partial charge in [0.05, 0.1) is 13.7 Å². The zero-order chi connectivity index (χ0) is 24.4. The van der Waals surface area contributed by atoms with Crippen LogP contribution in [0.5, 0.6) is 5.75 Å². The van der Waals surface area contributed by atoms with Crippen molar-refractivity contribution in [2.75, 3.05) is 4.90 Å². The number of nitrogens with zero attached hydrogens (tertiary/aromatic N) is 1. The van der Waals surface area contributed by atoms with E-state index in [9.17, 15) is 23.2 Å². The summed E-state index contributed by atoms with van der Waals surface area (Å²) in [5.74, 6) is -1.99. The number of rotatable bonds is 5. The monoisotopic (exact) mass is 638 g/mol. The summed E-state index contributed by atoms with van der Waals surface area (Å²) in [5, 5.41) is 2.13. The van der Waals surface area contributed by atoms with E-state index in [0.717, 1.165) is 22.6 Å². The van der Waals surface area contributed by atoms with Crippen molar-refractivity contribution in [1.29, 1.82) is 0 Å². The summed E-state index contributed by atoms with van der Waals surface area (Å²) in [6.45, 7) is 0.213. The van der Waals surface area contributed by atoms with E-state index in [1.807, 2.05) is 0 Å². The lowest BCUT2D eigenvalue weighted by molar-refractivity contribution is -0.122. The van der Waals surface area contributed by atoms with Crippen LogP contribution in [0, 0.1) is 15.2 Å². The number of barbiturate groups is 1. The van der Waals surface area contributed by atoms with Gasteiger partial charge in [-0.15, -0.1) is 0 Å². The third-order valence-electron chi connectivity index (χ3n) is 4.81. The minimum atomic E-state index is -0.918. The molecule has 0 spiro atoms. The second-order valence-electron chi connectivity index (χ2n) is 7.16. The van der Waals surface area contributed by atoms with Crippen molar-refractivity contribution < 1.29 is 27.9 Å². The summed E-state index contributed by atoms with van der Waals surface area (Å²) in [7, 11) is 0. The van der Waals surface area contributed by atoms with Gasteiger partial charge < -0.3 is 4.74 Å². The summed E-state index contributed by atoms with van der Waals surface area (Å²) in [4.78, 5) is 38.4. The number of nitrogens with one attached hydrogen (secondary N) is 1. The Hall–Kier alpha value is -3.12. The summed E-state index contributed by atoms with van der Waals surface area (Å²) in [6, 6.07) is 13.2. The number of ether oxygens (including phenoxy) is 1. The molecule has 0 atom stereocenters. The molecule has 3 aromatic rings. The highest BCUT2D eigenvalue weighted by Gasteiger charge is 2.36. The van der Waals surface area contributed by atoms with Gasteiger partial charge in [0.2, 0.25) is 0 Å². The maximum Gasteiger partial charge on any atom is 0.335 e. The van der Waals surface area contributed by atoms with Crippen molar-refractivity contribution in [2.24, 2.45) is 0 Å². The van der Waals surface area contributed by atoms with Crippen LogP contribution in [0.4, 0.5) is 19.3 Å². The van der Waals surface area contributed by atoms with Crippen LogP contribution in [-0.2, 0) is 16.2 Å². The zero-order valence-electron chi connectivity index (χ0n) is 17.2. The van der Waals surface area contributed by atoms with Crippen molar-refractivity contribution in [3.63, 3.8) is 0 Å². The second kappa shape index (κ2) is 10.0. The second-order valence-corrected chi connectivity index (χ2v) is 9.18. The largest absolute Gasteiger partial charge is 0.487 e. The standard InChI is InChI=1S/C24H14BrF2IN2O4/c25-19-10-14(11-20(28)21(19)34-12-13-1-3-15(26)4-2-13)9-18-22(31)29-24(33)30(23(18)32)17-7-5-16(27)6-8-17/h1-11H,12H2,(H,29,31,33)/b18-9+. The molecule has 0 aliphatic carbocycles. The van der Waals surface area contributed by atoms with Crippen LogP contribution in [0.3, 0.4) is 0 Å². The Kier molecular flexibility index (Phi) is 7.08. The van der Waals surface area contributed by atoms with Crippen LogP contribution < -0.4 is 15.0 Å². The molecule has 6 nitrogen and oxygen atoms in total. The van der Waals surface area contributed by atoms with Crippen LogP contribution in [0.2, 0.25) is 0 Å². The average Bonchev–Trinajstić information content (AvgIpc) is 2.78. The highest BCUT2D eigenvalue weighted by Crippen LogP contribution is 2.34. The van der Waals surface area contributed by atoms with Gasteiger partial charge in [0, 0.05) is 0 Å². The number of hydrogen-bond donors (Lipinski definition) is 1. The first kappa shape index (κ1) is 24.0. The normalized spacial score (nSPS) is 15.0. The molecule has 0 aromatic heterocycles. The number of halogens is 4. The van der Waals surface area contributed by atoms with E-state index in [0.29, 0.717) is 19.4 Å². The molecule has 4 amide bonds. The number of carbonyl (C=O) groups excluding carboxylic acids is 3. The van der Waals surface area contributed by atoms with Crippen molar-refractivity contribution >= 4 is 68.1 Å². The van der Waals surface area contributed by atoms with E-state index in [-0.39, 0.29) is 23.7 Å². The minimum absolute atomic E-state index is 0.127. The smallest absolute Gasteiger partial charge is 0.335 e. The molecule has 1 N–H and O–H groups in total. The van der Waals surface area contributed by atoms with Crippen molar-refractivity contribution in [3.8, 4) is 5.75 Å². The molecule has 1 fully saturated rings. The van der Waals surface area contributed by atoms with E-state index in [4.69, 9.17) is 4.74 Å². The quantitative estimate of drug-likeness (QED) is 0.225. The number of carbonyl (C=O) groups is 3. The Morgan fingerprint density at radius 2 is 1.59 bits per heavy atom. The molecule has 1 heterocycles. The maximum atomic E-state index is 13.3. The van der Waals surface area contributed by atoms with E-state index in [1.165, 1.54) is 30.3 Å². The van der Waals surface area contributed by atoms with E-state index in [1.54, 1.807) is 24.3 Å². The van der Waals surface area contributed by atoms with E-state index < -0.39 is 23.7 Å². The predicted molar refractivity (Wildman–Crippen MR) is 133 cm³/mol. The van der Waals surface area contributed by atoms with Crippen LogP contribution >= 0.6 is 38.5 Å². The van der Waals surface area contributed by atoms with Crippen molar-refractivity contribution in [3.05, 3.63) is 97.0 Å². The molecule has 0 unspecified atom stereocenters.